The number of hydrogen-bond donors (Lipinski definition) is 1. The van der Waals surface area contributed by atoms with E-state index in [0.717, 1.165) is 28.9 Å². The maximum absolute atomic E-state index is 13.1. The monoisotopic (exact) mass is 482 g/mol. The van der Waals surface area contributed by atoms with Gasteiger partial charge in [0.1, 0.15) is 0 Å². The van der Waals surface area contributed by atoms with Gasteiger partial charge in [-0.15, -0.1) is 0 Å². The van der Waals surface area contributed by atoms with Gasteiger partial charge in [-0.25, -0.2) is 10.4 Å². The molecule has 4 rings (SSSR count). The number of imidazole rings is 1. The van der Waals surface area contributed by atoms with Gasteiger partial charge in [0.2, 0.25) is 0 Å². The minimum absolute atomic E-state index is 0.00940. The van der Waals surface area contributed by atoms with Crippen molar-refractivity contribution in [2.45, 2.75) is 24.8 Å². The highest BCUT2D eigenvalue weighted by Crippen LogP contribution is 2.31. The van der Waals surface area contributed by atoms with Crippen LogP contribution in [0.2, 0.25) is 0 Å². The Morgan fingerprint density at radius 3 is 2.53 bits per heavy atom. The number of hydrogen-bond acceptors (Lipinski definition) is 4. The lowest BCUT2D eigenvalue weighted by Crippen LogP contribution is -2.20. The van der Waals surface area contributed by atoms with Crippen LogP contribution in [0.15, 0.2) is 83.1 Å². The van der Waals surface area contributed by atoms with Gasteiger partial charge in [0.15, 0.2) is 5.16 Å². The van der Waals surface area contributed by atoms with Crippen LogP contribution >= 0.6 is 11.8 Å². The smallest absolute Gasteiger partial charge is 0.314 e. The largest absolute Gasteiger partial charge is 0.417 e. The van der Waals surface area contributed by atoms with Gasteiger partial charge in [-0.1, -0.05) is 71.9 Å². The van der Waals surface area contributed by atoms with E-state index in [4.69, 9.17) is 0 Å². The zero-order valence-corrected chi connectivity index (χ0v) is 19.0. The number of carbonyl (C=O) groups is 1. The van der Waals surface area contributed by atoms with E-state index < -0.39 is 17.6 Å². The number of nitrogens with one attached hydrogen (secondary N) is 1. The van der Waals surface area contributed by atoms with Gasteiger partial charge >= 0.3 is 6.18 Å². The van der Waals surface area contributed by atoms with Crippen LogP contribution in [0, 0.1) is 6.92 Å². The standard InChI is InChI=1S/C25H21F3N4OS/c1-17-10-12-18(13-11-17)15-32-22-9-5-4-8-21(22)30-24(32)34-16-23(33)31-29-14-19-6-2-3-7-20(19)25(26,27)28/h2-14H,15-16H2,1H3,(H,31,33). The number of amides is 1. The van der Waals surface area contributed by atoms with E-state index >= 15 is 0 Å². The number of carbonyl (C=O) groups excluding carboxylic acids is 1. The van der Waals surface area contributed by atoms with Gasteiger partial charge in [0.05, 0.1) is 35.1 Å². The first-order valence-corrected chi connectivity index (χ1v) is 11.4. The Balaban J connectivity index is 1.45. The number of thioether (sulfide) groups is 1. The van der Waals surface area contributed by atoms with Crippen molar-refractivity contribution in [3.8, 4) is 0 Å². The number of alkyl halides is 3. The molecule has 1 aromatic heterocycles. The SMILES string of the molecule is Cc1ccc(Cn2c(SCC(=O)NN=Cc3ccccc3C(F)(F)F)nc3ccccc32)cc1. The highest BCUT2D eigenvalue weighted by Gasteiger charge is 2.32. The van der Waals surface area contributed by atoms with E-state index in [2.05, 4.69) is 27.6 Å². The summed E-state index contributed by atoms with van der Waals surface area (Å²) in [7, 11) is 0. The zero-order chi connectivity index (χ0) is 24.1. The van der Waals surface area contributed by atoms with Gasteiger partial charge < -0.3 is 4.57 Å². The van der Waals surface area contributed by atoms with Crippen LogP contribution in [0.25, 0.3) is 11.0 Å². The number of rotatable bonds is 7. The van der Waals surface area contributed by atoms with Gasteiger partial charge in [0, 0.05) is 5.56 Å². The van der Waals surface area contributed by atoms with Crippen LogP contribution in [0.1, 0.15) is 22.3 Å². The predicted octanol–water partition coefficient (Wildman–Crippen LogP) is 5.65. The fourth-order valence-electron chi connectivity index (χ4n) is 3.40. The molecule has 4 aromatic rings. The first kappa shape index (κ1) is 23.6. The maximum Gasteiger partial charge on any atom is 0.417 e. The summed E-state index contributed by atoms with van der Waals surface area (Å²) >= 11 is 1.24. The first-order chi connectivity index (χ1) is 16.3. The third-order valence-corrected chi connectivity index (χ3v) is 6.05. The molecule has 5 nitrogen and oxygen atoms in total. The Kier molecular flexibility index (Phi) is 7.02. The van der Waals surface area contributed by atoms with Crippen molar-refractivity contribution < 1.29 is 18.0 Å². The molecule has 1 N–H and O–H groups in total. The van der Waals surface area contributed by atoms with E-state index in [0.29, 0.717) is 11.7 Å². The van der Waals surface area contributed by atoms with Crippen LogP contribution in [0.3, 0.4) is 0 Å². The van der Waals surface area contributed by atoms with Gasteiger partial charge in [0.25, 0.3) is 5.91 Å². The van der Waals surface area contributed by atoms with Crippen LogP contribution in [-0.2, 0) is 17.5 Å². The van der Waals surface area contributed by atoms with E-state index in [9.17, 15) is 18.0 Å². The van der Waals surface area contributed by atoms with Crippen molar-refractivity contribution in [2.75, 3.05) is 5.75 Å². The molecule has 1 heterocycles. The zero-order valence-electron chi connectivity index (χ0n) is 18.2. The highest BCUT2D eigenvalue weighted by molar-refractivity contribution is 7.99. The van der Waals surface area contributed by atoms with Gasteiger partial charge in [-0.2, -0.15) is 18.3 Å². The molecule has 174 valence electrons. The Morgan fingerprint density at radius 2 is 1.76 bits per heavy atom. The predicted molar refractivity (Wildman–Crippen MR) is 128 cm³/mol. The molecule has 34 heavy (non-hydrogen) atoms. The second kappa shape index (κ2) is 10.1. The molecule has 9 heteroatoms. The Bertz CT molecular complexity index is 1330. The van der Waals surface area contributed by atoms with Crippen molar-refractivity contribution in [3.05, 3.63) is 95.1 Å². The van der Waals surface area contributed by atoms with Crippen LogP contribution in [0.4, 0.5) is 13.2 Å². The van der Waals surface area contributed by atoms with Gasteiger partial charge in [-0.3, -0.25) is 4.79 Å². The van der Waals surface area contributed by atoms with Crippen LogP contribution in [-0.4, -0.2) is 27.4 Å². The lowest BCUT2D eigenvalue weighted by Gasteiger charge is -2.10. The third-order valence-electron chi connectivity index (χ3n) is 5.07. The second-order valence-corrected chi connectivity index (χ2v) is 8.56. The molecule has 0 spiro atoms. The molecule has 3 aromatic carbocycles. The van der Waals surface area contributed by atoms with Crippen molar-refractivity contribution in [2.24, 2.45) is 5.10 Å². The number of nitrogens with zero attached hydrogens (tertiary/aromatic N) is 3. The lowest BCUT2D eigenvalue weighted by molar-refractivity contribution is -0.137. The van der Waals surface area contributed by atoms with E-state index in [1.54, 1.807) is 0 Å². The molecule has 0 saturated heterocycles. The summed E-state index contributed by atoms with van der Waals surface area (Å²) in [5, 5.41) is 4.37. The minimum Gasteiger partial charge on any atom is -0.314 e. The molecule has 0 fully saturated rings. The number of aryl methyl sites for hydroxylation is 1. The molecule has 0 unspecified atom stereocenters. The van der Waals surface area contributed by atoms with Crippen LogP contribution < -0.4 is 5.43 Å². The molecule has 1 amide bonds. The highest BCUT2D eigenvalue weighted by atomic mass is 32.2. The molecular weight excluding hydrogens is 461 g/mol. The number of aromatic nitrogens is 2. The molecule has 0 aliphatic rings. The molecule has 0 aliphatic heterocycles. The Hall–Kier alpha value is -3.59. The topological polar surface area (TPSA) is 59.3 Å². The van der Waals surface area contributed by atoms with Gasteiger partial charge in [-0.05, 0) is 30.7 Å². The summed E-state index contributed by atoms with van der Waals surface area (Å²) in [5.74, 6) is -0.435. The summed E-state index contributed by atoms with van der Waals surface area (Å²) in [5.41, 5.74) is 5.40. The summed E-state index contributed by atoms with van der Waals surface area (Å²) < 4.78 is 41.3. The second-order valence-electron chi connectivity index (χ2n) is 7.62. The molecular formula is C25H21F3N4OS. The van der Waals surface area contributed by atoms with Crippen molar-refractivity contribution in [1.29, 1.82) is 0 Å². The van der Waals surface area contributed by atoms with E-state index in [1.165, 1.54) is 35.5 Å². The fourth-order valence-corrected chi connectivity index (χ4v) is 4.20. The Morgan fingerprint density at radius 1 is 1.06 bits per heavy atom. The number of hydrazone groups is 1. The number of halogens is 3. The summed E-state index contributed by atoms with van der Waals surface area (Å²) in [4.78, 5) is 17.0. The van der Waals surface area contributed by atoms with Crippen molar-refractivity contribution in [3.63, 3.8) is 0 Å². The third kappa shape index (κ3) is 5.66. The fraction of sp³-hybridized carbons (Fsp3) is 0.160. The number of fused-ring (bicyclic) bond motifs is 1. The number of benzene rings is 3. The average molecular weight is 483 g/mol. The van der Waals surface area contributed by atoms with E-state index in [1.807, 2.05) is 47.9 Å². The van der Waals surface area contributed by atoms with Crippen molar-refractivity contribution >= 4 is 34.9 Å². The summed E-state index contributed by atoms with van der Waals surface area (Å²) in [6.45, 7) is 2.62. The normalized spacial score (nSPS) is 11.9. The molecule has 0 atom stereocenters. The van der Waals surface area contributed by atoms with E-state index in [-0.39, 0.29) is 11.3 Å². The minimum atomic E-state index is -4.50. The first-order valence-electron chi connectivity index (χ1n) is 10.4. The Labute approximate surface area is 198 Å². The molecule has 0 radical (unpaired) electrons. The van der Waals surface area contributed by atoms with Crippen LogP contribution in [0.5, 0.6) is 0 Å². The maximum atomic E-state index is 13.1. The molecule has 0 aliphatic carbocycles. The lowest BCUT2D eigenvalue weighted by atomic mass is 10.1. The summed E-state index contributed by atoms with van der Waals surface area (Å²) in [6, 6.07) is 21.0. The number of para-hydroxylation sites is 2. The quantitative estimate of drug-likeness (QED) is 0.210. The van der Waals surface area contributed by atoms with Crippen molar-refractivity contribution in [1.82, 2.24) is 15.0 Å². The summed E-state index contributed by atoms with van der Waals surface area (Å²) in [6.07, 6.45) is -3.50. The molecule has 0 bridgehead atoms. The molecule has 0 saturated carbocycles. The average Bonchev–Trinajstić information content (AvgIpc) is 3.16.